The van der Waals surface area contributed by atoms with E-state index >= 15 is 0 Å². The molecule has 0 unspecified atom stereocenters. The first-order valence-electron chi connectivity index (χ1n) is 15.0. The van der Waals surface area contributed by atoms with Gasteiger partial charge in [0.15, 0.2) is 5.78 Å². The van der Waals surface area contributed by atoms with E-state index in [-0.39, 0.29) is 29.7 Å². The maximum Gasteiger partial charge on any atom is 0.398 e. The maximum atomic E-state index is 14.7. The molecule has 0 spiro atoms. The second-order valence-corrected chi connectivity index (χ2v) is 11.8. The van der Waals surface area contributed by atoms with Gasteiger partial charge in [-0.1, -0.05) is 60.7 Å². The van der Waals surface area contributed by atoms with Gasteiger partial charge in [-0.05, 0) is 49.9 Å². The molecule has 2 aromatic heterocycles. The third kappa shape index (κ3) is 5.83. The average Bonchev–Trinajstić information content (AvgIpc) is 3.36. The van der Waals surface area contributed by atoms with Crippen LogP contribution in [0.15, 0.2) is 79.0 Å². The quantitative estimate of drug-likeness (QED) is 0.270. The van der Waals surface area contributed by atoms with Gasteiger partial charge in [0.05, 0.1) is 30.1 Å². The molecule has 10 heteroatoms. The number of alkyl halides is 3. The number of fused-ring (bicyclic) bond motifs is 1. The van der Waals surface area contributed by atoms with Crippen LogP contribution in [0.5, 0.6) is 5.75 Å². The van der Waals surface area contributed by atoms with Crippen molar-refractivity contribution in [1.29, 1.82) is 0 Å². The number of hydrogen-bond donors (Lipinski definition) is 1. The summed E-state index contributed by atoms with van der Waals surface area (Å²) in [7, 11) is 0. The average molecular weight is 605 g/mol. The van der Waals surface area contributed by atoms with Crippen LogP contribution in [0.1, 0.15) is 72.6 Å². The molecule has 1 N–H and O–H groups in total. The van der Waals surface area contributed by atoms with Crippen LogP contribution < -0.4 is 9.64 Å². The SMILES string of the molecule is CC(C)Oc1ccc(N2CCC(c3nn(C(c4ccccc4)c4ccccc4)c4c3[C@H](C(F)(F)F)[C@H](O)C(=O)C4)CC2)nc1. The van der Waals surface area contributed by atoms with Gasteiger partial charge in [0.25, 0.3) is 0 Å². The number of ether oxygens (including phenoxy) is 1. The summed E-state index contributed by atoms with van der Waals surface area (Å²) < 4.78 is 51.3. The number of ketones is 1. The monoisotopic (exact) mass is 604 g/mol. The molecule has 1 saturated heterocycles. The van der Waals surface area contributed by atoms with Gasteiger partial charge in [-0.2, -0.15) is 18.3 Å². The molecule has 6 rings (SSSR count). The van der Waals surface area contributed by atoms with Crippen LogP contribution in [-0.2, 0) is 11.2 Å². The molecule has 0 amide bonds. The second kappa shape index (κ2) is 12.1. The number of carbonyl (C=O) groups is 1. The molecule has 44 heavy (non-hydrogen) atoms. The minimum atomic E-state index is -4.83. The number of nitrogens with zero attached hydrogens (tertiary/aromatic N) is 4. The number of anilines is 1. The minimum Gasteiger partial charge on any atom is -0.489 e. The number of Topliss-reactive ketones (excluding diaryl/α,β-unsaturated/α-hetero) is 1. The molecule has 230 valence electrons. The first-order chi connectivity index (χ1) is 21.1. The van der Waals surface area contributed by atoms with Crippen LogP contribution in [0.4, 0.5) is 19.0 Å². The summed E-state index contributed by atoms with van der Waals surface area (Å²) in [6.07, 6.45) is -4.51. The first kappa shape index (κ1) is 29.9. The molecule has 2 atom stereocenters. The number of pyridine rings is 1. The molecule has 0 bridgehead atoms. The van der Waals surface area contributed by atoms with E-state index in [0.29, 0.717) is 37.4 Å². The molecule has 7 nitrogen and oxygen atoms in total. The highest BCUT2D eigenvalue weighted by molar-refractivity contribution is 5.88. The summed E-state index contributed by atoms with van der Waals surface area (Å²) in [5.41, 5.74) is 2.17. The second-order valence-electron chi connectivity index (χ2n) is 11.8. The van der Waals surface area contributed by atoms with Crippen molar-refractivity contribution in [3.63, 3.8) is 0 Å². The largest absolute Gasteiger partial charge is 0.489 e. The van der Waals surface area contributed by atoms with Crippen LogP contribution in [0, 0.1) is 0 Å². The van der Waals surface area contributed by atoms with Gasteiger partial charge in [-0.25, -0.2) is 4.98 Å². The summed E-state index contributed by atoms with van der Waals surface area (Å²) in [6, 6.07) is 22.1. The smallest absolute Gasteiger partial charge is 0.398 e. The van der Waals surface area contributed by atoms with Crippen LogP contribution in [0.25, 0.3) is 0 Å². The van der Waals surface area contributed by atoms with E-state index in [1.54, 1.807) is 10.9 Å². The van der Waals surface area contributed by atoms with E-state index in [2.05, 4.69) is 9.88 Å². The maximum absolute atomic E-state index is 14.7. The highest BCUT2D eigenvalue weighted by Gasteiger charge is 2.54. The van der Waals surface area contributed by atoms with Crippen molar-refractivity contribution in [2.75, 3.05) is 18.0 Å². The summed E-state index contributed by atoms with van der Waals surface area (Å²) in [5, 5.41) is 15.6. The van der Waals surface area contributed by atoms with Crippen molar-refractivity contribution in [3.8, 4) is 5.75 Å². The number of aliphatic hydroxyl groups excluding tert-OH is 1. The predicted molar refractivity (Wildman–Crippen MR) is 160 cm³/mol. The Bertz CT molecular complexity index is 1540. The van der Waals surface area contributed by atoms with Gasteiger partial charge in [0.1, 0.15) is 29.6 Å². The van der Waals surface area contributed by atoms with Gasteiger partial charge in [-0.15, -0.1) is 0 Å². The molecule has 2 aliphatic rings. The summed E-state index contributed by atoms with van der Waals surface area (Å²) in [5.74, 6) is -2.02. The number of rotatable bonds is 7. The molecule has 3 heterocycles. The van der Waals surface area contributed by atoms with Crippen LogP contribution in [0.2, 0.25) is 0 Å². The lowest BCUT2D eigenvalue weighted by atomic mass is 9.78. The fourth-order valence-electron chi connectivity index (χ4n) is 6.52. The molecule has 2 aromatic carbocycles. The Labute approximate surface area is 254 Å². The van der Waals surface area contributed by atoms with E-state index in [1.807, 2.05) is 86.6 Å². The van der Waals surface area contributed by atoms with Gasteiger partial charge in [0, 0.05) is 24.6 Å². The molecular weight excluding hydrogens is 569 g/mol. The van der Waals surface area contributed by atoms with Crippen LogP contribution >= 0.6 is 0 Å². The summed E-state index contributed by atoms with van der Waals surface area (Å²) in [6.45, 7) is 5.03. The van der Waals surface area contributed by atoms with Gasteiger partial charge >= 0.3 is 6.18 Å². The Morgan fingerprint density at radius 1 is 0.932 bits per heavy atom. The fraction of sp³-hybridized carbons (Fsp3) is 0.382. The number of benzene rings is 2. The van der Waals surface area contributed by atoms with Gasteiger partial charge in [-0.3, -0.25) is 9.48 Å². The number of aromatic nitrogens is 3. The molecular formula is C34H35F3N4O3. The van der Waals surface area contributed by atoms with Crippen molar-refractivity contribution < 1.29 is 27.8 Å². The van der Waals surface area contributed by atoms with E-state index in [4.69, 9.17) is 9.84 Å². The molecule has 1 aliphatic heterocycles. The zero-order valence-electron chi connectivity index (χ0n) is 24.6. The highest BCUT2D eigenvalue weighted by Crippen LogP contribution is 2.48. The number of carbonyl (C=O) groups excluding carboxylic acids is 1. The third-order valence-electron chi connectivity index (χ3n) is 8.50. The fourth-order valence-corrected chi connectivity index (χ4v) is 6.52. The minimum absolute atomic E-state index is 0.0295. The Hall–Kier alpha value is -4.18. The number of halogens is 3. The lowest BCUT2D eigenvalue weighted by Crippen LogP contribution is -2.43. The number of aliphatic hydroxyl groups is 1. The Morgan fingerprint density at radius 2 is 1.55 bits per heavy atom. The molecule has 1 fully saturated rings. The Kier molecular flexibility index (Phi) is 8.20. The van der Waals surface area contributed by atoms with Crippen LogP contribution in [-0.4, -0.2) is 57.1 Å². The summed E-state index contributed by atoms with van der Waals surface area (Å²) in [4.78, 5) is 19.6. The lowest BCUT2D eigenvalue weighted by molar-refractivity contribution is -0.179. The Morgan fingerprint density at radius 3 is 2.07 bits per heavy atom. The van der Waals surface area contributed by atoms with E-state index in [1.165, 1.54) is 0 Å². The zero-order valence-corrected chi connectivity index (χ0v) is 24.6. The van der Waals surface area contributed by atoms with Gasteiger partial charge < -0.3 is 14.7 Å². The number of piperidine rings is 1. The highest BCUT2D eigenvalue weighted by atomic mass is 19.4. The third-order valence-corrected chi connectivity index (χ3v) is 8.50. The topological polar surface area (TPSA) is 80.5 Å². The van der Waals surface area contributed by atoms with E-state index in [9.17, 15) is 23.1 Å². The number of hydrogen-bond acceptors (Lipinski definition) is 6. The first-order valence-corrected chi connectivity index (χ1v) is 15.0. The van der Waals surface area contributed by atoms with Crippen molar-refractivity contribution in [2.45, 2.75) is 69.4 Å². The normalized spacial score (nSPS) is 19.5. The van der Waals surface area contributed by atoms with Crippen molar-refractivity contribution in [1.82, 2.24) is 14.8 Å². The van der Waals surface area contributed by atoms with E-state index in [0.717, 1.165) is 16.9 Å². The predicted octanol–water partition coefficient (Wildman–Crippen LogP) is 6.22. The zero-order chi connectivity index (χ0) is 31.0. The van der Waals surface area contributed by atoms with Crippen molar-refractivity contribution >= 4 is 11.6 Å². The molecule has 0 radical (unpaired) electrons. The molecule has 1 aliphatic carbocycles. The lowest BCUT2D eigenvalue weighted by Gasteiger charge is -2.34. The van der Waals surface area contributed by atoms with Crippen molar-refractivity contribution in [2.24, 2.45) is 0 Å². The van der Waals surface area contributed by atoms with E-state index < -0.39 is 30.0 Å². The van der Waals surface area contributed by atoms with Crippen molar-refractivity contribution in [3.05, 3.63) is 107 Å². The summed E-state index contributed by atoms with van der Waals surface area (Å²) >= 11 is 0. The van der Waals surface area contributed by atoms with Gasteiger partial charge in [0.2, 0.25) is 0 Å². The molecule has 4 aromatic rings. The van der Waals surface area contributed by atoms with Crippen LogP contribution in [0.3, 0.4) is 0 Å². The Balaban J connectivity index is 1.40. The molecule has 0 saturated carbocycles. The standard InChI is InChI=1S/C34H35F3N4O3/c1-21(2)44-25-13-14-28(38-20-25)40-17-15-22(16-18-40)31-29-26(19-27(42)33(43)30(29)34(35,36)37)41(39-31)32(23-9-5-3-6-10-23)24-11-7-4-8-12-24/h3-14,20-22,30,32-33,43H,15-19H2,1-2H3/t30-,33+/m0/s1.